The van der Waals surface area contributed by atoms with Crippen molar-refractivity contribution in [1.29, 1.82) is 0 Å². The standard InChI is InChI=1S/C31H41N3O15S.C2H6/c1-19(35)47-17-20-7-8-22(48-29-15-21(36)14-25(49-29)31(41)42)16-24(20)46-13-5-11-32-30(40)23(18-50(43,44)45)33-26(37)6-3-2-4-12-34-27(38)9-10-28(34)39;1-2/h7-10,16,21,23,25,29,36H,2-6,11-15,17-18H2,1H3,(H,32,40)(H,33,37)(H,41,42)(H,43,44,45);1-2H3. The van der Waals surface area contributed by atoms with Crippen LogP contribution in [-0.4, -0.2) is 114 Å². The highest BCUT2D eigenvalue weighted by molar-refractivity contribution is 7.85. The second-order valence-corrected chi connectivity index (χ2v) is 13.0. The molecule has 52 heavy (non-hydrogen) atoms. The number of nitrogens with zero attached hydrogens (tertiary/aromatic N) is 1. The smallest absolute Gasteiger partial charge is 0.333 e. The minimum absolute atomic E-state index is 0.00343. The second kappa shape index (κ2) is 21.7. The van der Waals surface area contributed by atoms with E-state index in [0.717, 1.165) is 4.90 Å². The fourth-order valence-corrected chi connectivity index (χ4v) is 5.58. The van der Waals surface area contributed by atoms with Crippen LogP contribution in [-0.2, 0) is 55.0 Å². The summed E-state index contributed by atoms with van der Waals surface area (Å²) in [6, 6.07) is 2.94. The third kappa shape index (κ3) is 15.7. The molecule has 1 saturated heterocycles. The fraction of sp³-hybridized carbons (Fsp3) is 0.576. The highest BCUT2D eigenvalue weighted by Crippen LogP contribution is 2.29. The number of aliphatic hydroxyl groups excluding tert-OH is 1. The lowest BCUT2D eigenvalue weighted by Gasteiger charge is -2.31. The summed E-state index contributed by atoms with van der Waals surface area (Å²) < 4.78 is 54.4. The zero-order valence-corrected chi connectivity index (χ0v) is 30.1. The van der Waals surface area contributed by atoms with Crippen molar-refractivity contribution < 1.29 is 70.9 Å². The summed E-state index contributed by atoms with van der Waals surface area (Å²) >= 11 is 0. The molecule has 5 N–H and O–H groups in total. The van der Waals surface area contributed by atoms with Crippen LogP contribution < -0.4 is 20.1 Å². The molecular formula is C33H47N3O15S. The van der Waals surface area contributed by atoms with Gasteiger partial charge >= 0.3 is 11.9 Å². The average molecular weight is 758 g/mol. The van der Waals surface area contributed by atoms with Gasteiger partial charge in [0, 0.05) is 63.1 Å². The van der Waals surface area contributed by atoms with Gasteiger partial charge in [-0.2, -0.15) is 8.42 Å². The summed E-state index contributed by atoms with van der Waals surface area (Å²) in [4.78, 5) is 72.2. The molecule has 2 heterocycles. The largest absolute Gasteiger partial charge is 0.493 e. The van der Waals surface area contributed by atoms with E-state index >= 15 is 0 Å². The van der Waals surface area contributed by atoms with E-state index in [1.165, 1.54) is 31.2 Å². The Labute approximate surface area is 301 Å². The molecule has 0 radical (unpaired) electrons. The predicted molar refractivity (Wildman–Crippen MR) is 181 cm³/mol. The average Bonchev–Trinajstić information content (AvgIpc) is 3.39. The number of carboxylic acids is 1. The molecule has 290 valence electrons. The van der Waals surface area contributed by atoms with Crippen molar-refractivity contribution >= 4 is 45.7 Å². The molecular weight excluding hydrogens is 710 g/mol. The van der Waals surface area contributed by atoms with Crippen molar-refractivity contribution in [3.63, 3.8) is 0 Å². The van der Waals surface area contributed by atoms with Gasteiger partial charge in [0.25, 0.3) is 21.9 Å². The van der Waals surface area contributed by atoms with Gasteiger partial charge in [-0.25, -0.2) is 4.79 Å². The first-order valence-corrected chi connectivity index (χ1v) is 18.4. The molecule has 3 rings (SSSR count). The van der Waals surface area contributed by atoms with E-state index in [1.54, 1.807) is 6.07 Å². The van der Waals surface area contributed by atoms with Crippen LogP contribution in [0.1, 0.15) is 71.3 Å². The van der Waals surface area contributed by atoms with E-state index in [0.29, 0.717) is 24.8 Å². The normalized spacial score (nSPS) is 18.9. The number of hydrogen-bond donors (Lipinski definition) is 5. The Morgan fingerprint density at radius 2 is 1.73 bits per heavy atom. The van der Waals surface area contributed by atoms with Gasteiger partial charge in [0.2, 0.25) is 18.1 Å². The topological polar surface area (TPSA) is 261 Å². The van der Waals surface area contributed by atoms with Crippen LogP contribution in [0.4, 0.5) is 0 Å². The molecule has 2 aliphatic heterocycles. The Kier molecular flexibility index (Phi) is 18.2. The lowest BCUT2D eigenvalue weighted by atomic mass is 10.1. The number of carboxylic acid groups (broad SMARTS) is 1. The van der Waals surface area contributed by atoms with Gasteiger partial charge < -0.3 is 39.8 Å². The highest BCUT2D eigenvalue weighted by atomic mass is 32.2. The fourth-order valence-electron chi connectivity index (χ4n) is 4.92. The Hall–Kier alpha value is -4.59. The zero-order chi connectivity index (χ0) is 38.8. The quantitative estimate of drug-likeness (QED) is 0.0534. The van der Waals surface area contributed by atoms with Gasteiger partial charge in [-0.05, 0) is 31.4 Å². The van der Waals surface area contributed by atoms with E-state index in [-0.39, 0.29) is 63.5 Å². The minimum atomic E-state index is -4.65. The number of rotatable bonds is 20. The third-order valence-corrected chi connectivity index (χ3v) is 8.13. The minimum Gasteiger partial charge on any atom is -0.493 e. The Morgan fingerprint density at radius 3 is 2.37 bits per heavy atom. The monoisotopic (exact) mass is 757 g/mol. The summed E-state index contributed by atoms with van der Waals surface area (Å²) in [6.45, 7) is 5.24. The molecule has 4 atom stereocenters. The molecule has 18 nitrogen and oxygen atoms in total. The second-order valence-electron chi connectivity index (χ2n) is 11.5. The third-order valence-electron chi connectivity index (χ3n) is 7.37. The van der Waals surface area contributed by atoms with Crippen molar-refractivity contribution in [2.45, 2.75) is 96.9 Å². The number of carbonyl (C=O) groups is 6. The predicted octanol–water partition coefficient (Wildman–Crippen LogP) is 0.848. The summed E-state index contributed by atoms with van der Waals surface area (Å²) in [5.41, 5.74) is 0.454. The Morgan fingerprint density at radius 1 is 1.04 bits per heavy atom. The van der Waals surface area contributed by atoms with Crippen LogP contribution in [0.5, 0.6) is 11.5 Å². The number of esters is 1. The number of imide groups is 1. The van der Waals surface area contributed by atoms with Crippen LogP contribution in [0.3, 0.4) is 0 Å². The molecule has 19 heteroatoms. The molecule has 0 bridgehead atoms. The van der Waals surface area contributed by atoms with Crippen LogP contribution in [0.15, 0.2) is 30.4 Å². The summed E-state index contributed by atoms with van der Waals surface area (Å²) in [5, 5.41) is 24.1. The van der Waals surface area contributed by atoms with Gasteiger partial charge in [0.05, 0.1) is 12.7 Å². The number of aliphatic hydroxyl groups is 1. The number of ether oxygens (including phenoxy) is 4. The van der Waals surface area contributed by atoms with E-state index in [9.17, 15) is 52.0 Å². The van der Waals surface area contributed by atoms with Crippen molar-refractivity contribution in [1.82, 2.24) is 15.5 Å². The SMILES string of the molecule is CC.CC(=O)OCc1ccc(OC2CC(O)CC(C(=O)O)O2)cc1OCCCNC(=O)C(CS(=O)(=O)O)NC(=O)CCCCCN1C(=O)C=CC1=O. The first-order chi connectivity index (χ1) is 24.6. The maximum absolute atomic E-state index is 12.8. The van der Waals surface area contributed by atoms with Crippen LogP contribution in [0, 0.1) is 0 Å². The molecule has 1 aromatic rings. The highest BCUT2D eigenvalue weighted by Gasteiger charge is 2.34. The van der Waals surface area contributed by atoms with Crippen molar-refractivity contribution in [3.05, 3.63) is 35.9 Å². The number of amides is 4. The van der Waals surface area contributed by atoms with Gasteiger partial charge in [-0.15, -0.1) is 0 Å². The zero-order valence-electron chi connectivity index (χ0n) is 29.3. The molecule has 0 saturated carbocycles. The first kappa shape index (κ1) is 43.6. The molecule has 2 aliphatic rings. The molecule has 1 aromatic carbocycles. The van der Waals surface area contributed by atoms with Crippen molar-refractivity contribution in [2.24, 2.45) is 0 Å². The lowest BCUT2D eigenvalue weighted by molar-refractivity contribution is -0.195. The van der Waals surface area contributed by atoms with Crippen LogP contribution in [0.25, 0.3) is 0 Å². The lowest BCUT2D eigenvalue weighted by Crippen LogP contribution is -2.50. The molecule has 4 unspecified atom stereocenters. The molecule has 0 aliphatic carbocycles. The van der Waals surface area contributed by atoms with Crippen LogP contribution >= 0.6 is 0 Å². The molecule has 0 spiro atoms. The summed E-state index contributed by atoms with van der Waals surface area (Å²) in [7, 11) is -4.65. The number of aliphatic carboxylic acids is 1. The summed E-state index contributed by atoms with van der Waals surface area (Å²) in [5.74, 6) is -4.73. The Balaban J connectivity index is 0.00000460. The number of unbranched alkanes of at least 4 members (excludes halogenated alkanes) is 2. The maximum atomic E-state index is 12.8. The number of nitrogens with one attached hydrogen (secondary N) is 2. The van der Waals surface area contributed by atoms with Gasteiger partial charge in [-0.1, -0.05) is 20.3 Å². The van der Waals surface area contributed by atoms with E-state index < -0.39 is 76.0 Å². The first-order valence-electron chi connectivity index (χ1n) is 16.8. The maximum Gasteiger partial charge on any atom is 0.333 e. The molecule has 0 aromatic heterocycles. The van der Waals surface area contributed by atoms with Gasteiger partial charge in [0.15, 0.2) is 6.10 Å². The van der Waals surface area contributed by atoms with Gasteiger partial charge in [-0.3, -0.25) is 33.4 Å². The number of carbonyl (C=O) groups excluding carboxylic acids is 5. The van der Waals surface area contributed by atoms with Crippen molar-refractivity contribution in [3.8, 4) is 11.5 Å². The van der Waals surface area contributed by atoms with E-state index in [2.05, 4.69) is 10.6 Å². The van der Waals surface area contributed by atoms with E-state index in [4.69, 9.17) is 18.9 Å². The molecule has 4 amide bonds. The van der Waals surface area contributed by atoms with Gasteiger partial charge in [0.1, 0.15) is 29.9 Å². The van der Waals surface area contributed by atoms with Crippen molar-refractivity contribution in [2.75, 3.05) is 25.4 Å². The summed E-state index contributed by atoms with van der Waals surface area (Å²) in [6.07, 6.45) is 0.376. The number of hydrogen-bond acceptors (Lipinski definition) is 13. The van der Waals surface area contributed by atoms with E-state index in [1.807, 2.05) is 13.8 Å². The van der Waals surface area contributed by atoms with Crippen LogP contribution in [0.2, 0.25) is 0 Å². The number of benzene rings is 1. The molecule has 1 fully saturated rings. The Bertz CT molecular complexity index is 1530.